The molecular weight excluding hydrogens is 294 g/mol. The molecule has 2 fully saturated rings. The number of nitrogens with two attached hydrogens (primary N) is 1. The van der Waals surface area contributed by atoms with Crippen LogP contribution in [0.4, 0.5) is 0 Å². The minimum atomic E-state index is -0.0285. The number of rotatable bonds is 4. The predicted octanol–water partition coefficient (Wildman–Crippen LogP) is 2.72. The fraction of sp³-hybridized carbons (Fsp3) is 0.714. The fourth-order valence-corrected chi connectivity index (χ4v) is 3.87. The Kier molecular flexibility index (Phi) is 5.41. The van der Waals surface area contributed by atoms with E-state index in [1.54, 1.807) is 5.38 Å². The van der Waals surface area contributed by atoms with E-state index >= 15 is 0 Å². The summed E-state index contributed by atoms with van der Waals surface area (Å²) in [6.07, 6.45) is 7.99. The lowest BCUT2D eigenvalue weighted by molar-refractivity contribution is 0.0942. The number of thiazole rings is 1. The van der Waals surface area contributed by atoms with Crippen molar-refractivity contribution in [1.82, 2.24) is 10.3 Å². The van der Waals surface area contributed by atoms with E-state index in [2.05, 4.69) is 10.3 Å². The molecule has 2 saturated carbocycles. The first-order chi connectivity index (χ1) is 9.28. The van der Waals surface area contributed by atoms with Crippen molar-refractivity contribution in [2.24, 2.45) is 17.6 Å². The molecule has 2 aliphatic rings. The summed E-state index contributed by atoms with van der Waals surface area (Å²) in [5.41, 5.74) is 6.04. The molecule has 3 rings (SSSR count). The third kappa shape index (κ3) is 3.51. The minimum Gasteiger partial charge on any atom is -0.348 e. The summed E-state index contributed by atoms with van der Waals surface area (Å²) in [6, 6.07) is 0.388. The second kappa shape index (κ2) is 6.87. The number of halogens is 1. The zero-order chi connectivity index (χ0) is 13.2. The van der Waals surface area contributed by atoms with Crippen molar-refractivity contribution in [2.45, 2.75) is 51.1 Å². The average molecular weight is 316 g/mol. The van der Waals surface area contributed by atoms with Crippen LogP contribution in [0.3, 0.4) is 0 Å². The van der Waals surface area contributed by atoms with Gasteiger partial charge in [-0.25, -0.2) is 4.98 Å². The van der Waals surface area contributed by atoms with Gasteiger partial charge in [0.05, 0.1) is 0 Å². The quantitative estimate of drug-likeness (QED) is 0.897. The highest BCUT2D eigenvalue weighted by Crippen LogP contribution is 2.44. The summed E-state index contributed by atoms with van der Waals surface area (Å²) >= 11 is 1.46. The summed E-state index contributed by atoms with van der Waals surface area (Å²) < 4.78 is 0. The Morgan fingerprint density at radius 3 is 2.80 bits per heavy atom. The Morgan fingerprint density at radius 1 is 1.40 bits per heavy atom. The highest BCUT2D eigenvalue weighted by molar-refractivity contribution is 7.09. The fourth-order valence-electron chi connectivity index (χ4n) is 3.22. The van der Waals surface area contributed by atoms with Crippen LogP contribution in [0.1, 0.15) is 54.0 Å². The van der Waals surface area contributed by atoms with Crippen LogP contribution in [0.25, 0.3) is 0 Å². The van der Waals surface area contributed by atoms with Crippen molar-refractivity contribution in [1.29, 1.82) is 0 Å². The van der Waals surface area contributed by atoms with Crippen LogP contribution in [0, 0.1) is 11.8 Å². The van der Waals surface area contributed by atoms with Crippen LogP contribution < -0.4 is 11.1 Å². The monoisotopic (exact) mass is 315 g/mol. The normalized spacial score (nSPS) is 25.9. The number of nitrogens with zero attached hydrogens (tertiary/aromatic N) is 1. The standard InChI is InChI=1S/C14H21N3OS.ClH/c15-7-13-16-12(8-19-13)14(18)17-11-6-10(11)9-4-2-1-3-5-9;/h8-11H,1-7,15H2,(H,17,18);1H. The van der Waals surface area contributed by atoms with Gasteiger partial charge in [-0.1, -0.05) is 32.1 Å². The molecule has 0 bridgehead atoms. The molecule has 3 N–H and O–H groups in total. The Bertz CT molecular complexity index is 459. The second-order valence-corrected chi connectivity index (χ2v) is 6.65. The number of nitrogens with one attached hydrogen (secondary N) is 1. The van der Waals surface area contributed by atoms with E-state index in [9.17, 15) is 4.79 Å². The van der Waals surface area contributed by atoms with Gasteiger partial charge in [-0.2, -0.15) is 0 Å². The maximum Gasteiger partial charge on any atom is 0.270 e. The van der Waals surface area contributed by atoms with Gasteiger partial charge in [0.15, 0.2) is 0 Å². The van der Waals surface area contributed by atoms with Gasteiger partial charge in [0.1, 0.15) is 10.7 Å². The molecule has 1 amide bonds. The largest absolute Gasteiger partial charge is 0.348 e. The van der Waals surface area contributed by atoms with Gasteiger partial charge in [-0.15, -0.1) is 23.7 Å². The molecule has 6 heteroatoms. The Labute approximate surface area is 129 Å². The number of carbonyl (C=O) groups is 1. The van der Waals surface area contributed by atoms with Crippen molar-refractivity contribution in [3.8, 4) is 0 Å². The van der Waals surface area contributed by atoms with E-state index in [-0.39, 0.29) is 18.3 Å². The first kappa shape index (κ1) is 15.7. The summed E-state index contributed by atoms with van der Waals surface area (Å²) in [5.74, 6) is 1.53. The van der Waals surface area contributed by atoms with E-state index in [0.717, 1.165) is 23.3 Å². The van der Waals surface area contributed by atoms with Crippen molar-refractivity contribution in [3.05, 3.63) is 16.1 Å². The molecule has 2 unspecified atom stereocenters. The van der Waals surface area contributed by atoms with Gasteiger partial charge in [0.2, 0.25) is 0 Å². The number of amides is 1. The molecule has 20 heavy (non-hydrogen) atoms. The third-order valence-corrected chi connectivity index (χ3v) is 5.24. The lowest BCUT2D eigenvalue weighted by Gasteiger charge is -2.21. The van der Waals surface area contributed by atoms with E-state index in [0.29, 0.717) is 18.3 Å². The zero-order valence-corrected chi connectivity index (χ0v) is 13.1. The Balaban J connectivity index is 0.00000147. The smallest absolute Gasteiger partial charge is 0.270 e. The number of aromatic nitrogens is 1. The van der Waals surface area contributed by atoms with E-state index in [4.69, 9.17) is 5.73 Å². The van der Waals surface area contributed by atoms with E-state index < -0.39 is 0 Å². The van der Waals surface area contributed by atoms with Gasteiger partial charge in [0.25, 0.3) is 5.91 Å². The van der Waals surface area contributed by atoms with Gasteiger partial charge >= 0.3 is 0 Å². The van der Waals surface area contributed by atoms with Gasteiger partial charge < -0.3 is 11.1 Å². The maximum absolute atomic E-state index is 12.0. The molecule has 0 aliphatic heterocycles. The molecule has 0 radical (unpaired) electrons. The second-order valence-electron chi connectivity index (χ2n) is 5.71. The predicted molar refractivity (Wildman–Crippen MR) is 83.2 cm³/mol. The van der Waals surface area contributed by atoms with Gasteiger partial charge in [-0.3, -0.25) is 4.79 Å². The molecule has 1 aromatic rings. The van der Waals surface area contributed by atoms with Crippen molar-refractivity contribution in [3.63, 3.8) is 0 Å². The molecule has 1 heterocycles. The Hall–Kier alpha value is -0.650. The SMILES string of the molecule is Cl.NCc1nc(C(=O)NC2CC2C2CCCCC2)cs1. The van der Waals surface area contributed by atoms with Crippen molar-refractivity contribution < 1.29 is 4.79 Å². The van der Waals surface area contributed by atoms with Crippen LogP contribution in [0.2, 0.25) is 0 Å². The number of hydrogen-bond acceptors (Lipinski definition) is 4. The highest BCUT2D eigenvalue weighted by Gasteiger charge is 2.43. The van der Waals surface area contributed by atoms with Crippen LogP contribution in [-0.2, 0) is 6.54 Å². The molecule has 0 saturated heterocycles. The molecule has 0 aromatic carbocycles. The molecule has 0 spiro atoms. The highest BCUT2D eigenvalue weighted by atomic mass is 35.5. The minimum absolute atomic E-state index is 0. The molecular formula is C14H22ClN3OS. The zero-order valence-electron chi connectivity index (χ0n) is 11.5. The molecule has 4 nitrogen and oxygen atoms in total. The van der Waals surface area contributed by atoms with Crippen molar-refractivity contribution >= 4 is 29.7 Å². The first-order valence-corrected chi connectivity index (χ1v) is 8.11. The van der Waals surface area contributed by atoms with E-state index in [1.165, 1.54) is 43.4 Å². The van der Waals surface area contributed by atoms with Crippen LogP contribution in [-0.4, -0.2) is 16.9 Å². The molecule has 2 aliphatic carbocycles. The van der Waals surface area contributed by atoms with Gasteiger partial charge in [-0.05, 0) is 18.3 Å². The van der Waals surface area contributed by atoms with Crippen molar-refractivity contribution in [2.75, 3.05) is 0 Å². The van der Waals surface area contributed by atoms with Crippen LogP contribution in [0.5, 0.6) is 0 Å². The van der Waals surface area contributed by atoms with Crippen LogP contribution in [0.15, 0.2) is 5.38 Å². The molecule has 1 aromatic heterocycles. The number of hydrogen-bond donors (Lipinski definition) is 2. The summed E-state index contributed by atoms with van der Waals surface area (Å²) in [6.45, 7) is 0.409. The summed E-state index contributed by atoms with van der Waals surface area (Å²) in [7, 11) is 0. The van der Waals surface area contributed by atoms with Crippen LogP contribution >= 0.6 is 23.7 Å². The first-order valence-electron chi connectivity index (χ1n) is 7.23. The average Bonchev–Trinajstić information content (AvgIpc) is 3.04. The maximum atomic E-state index is 12.0. The molecule has 112 valence electrons. The summed E-state index contributed by atoms with van der Waals surface area (Å²) in [5, 5.41) is 5.74. The lowest BCUT2D eigenvalue weighted by atomic mass is 9.85. The number of carbonyl (C=O) groups excluding carboxylic acids is 1. The lowest BCUT2D eigenvalue weighted by Crippen LogP contribution is -2.28. The Morgan fingerprint density at radius 2 is 2.15 bits per heavy atom. The third-order valence-electron chi connectivity index (χ3n) is 4.37. The molecule has 2 atom stereocenters. The van der Waals surface area contributed by atoms with E-state index in [1.807, 2.05) is 0 Å². The van der Waals surface area contributed by atoms with Gasteiger partial charge in [0, 0.05) is 18.0 Å². The topological polar surface area (TPSA) is 68.0 Å². The summed E-state index contributed by atoms with van der Waals surface area (Å²) in [4.78, 5) is 16.3.